The minimum absolute atomic E-state index is 0.0486. The normalized spacial score (nSPS) is 12.4. The monoisotopic (exact) mass is 1240 g/mol. The van der Waals surface area contributed by atoms with E-state index in [9.17, 15) is 41.7 Å². The highest BCUT2D eigenvalue weighted by Crippen LogP contribution is 2.20. The summed E-state index contributed by atoms with van der Waals surface area (Å²) >= 11 is 0. The largest absolute Gasteiger partial charge is 0.444 e. The third kappa shape index (κ3) is 37.4. The molecule has 1 rings (SSSR count). The minimum Gasteiger partial charge on any atom is -0.444 e. The molecule has 23 nitrogen and oxygen atoms in total. The molecule has 0 aromatic heterocycles. The van der Waals surface area contributed by atoms with Gasteiger partial charge in [-0.2, -0.15) is 8.42 Å². The second-order valence-corrected chi connectivity index (χ2v) is 28.8. The first kappa shape index (κ1) is 78.7. The highest BCUT2D eigenvalue weighted by Gasteiger charge is 2.31. The molecular weight excluding hydrogens is 1130 g/mol. The van der Waals surface area contributed by atoms with Crippen LogP contribution in [0, 0.1) is 6.92 Å². The van der Waals surface area contributed by atoms with E-state index in [2.05, 4.69) is 0 Å². The predicted octanol–water partition coefficient (Wildman–Crippen LogP) is 12.0. The molecule has 1 aromatic rings. The van der Waals surface area contributed by atoms with Crippen LogP contribution in [0.5, 0.6) is 0 Å². The molecule has 0 heterocycles. The number of amides is 6. The lowest BCUT2D eigenvalue weighted by Gasteiger charge is -2.33. The van der Waals surface area contributed by atoms with E-state index in [-0.39, 0.29) is 90.2 Å². The van der Waals surface area contributed by atoms with Gasteiger partial charge in [0.2, 0.25) is 0 Å². The summed E-state index contributed by atoms with van der Waals surface area (Å²) in [6.45, 7) is 38.9. The molecule has 0 spiro atoms. The van der Waals surface area contributed by atoms with Crippen molar-refractivity contribution in [3.05, 3.63) is 29.3 Å². The van der Waals surface area contributed by atoms with Gasteiger partial charge in [-0.1, -0.05) is 38.2 Å². The van der Waals surface area contributed by atoms with Crippen LogP contribution in [0.2, 0.25) is 0 Å². The summed E-state index contributed by atoms with van der Waals surface area (Å²) in [7, 11) is -4.34. The standard InChI is InChI=1S/C62H112N6O17S/c1-21-63(51(69)80-57(3,4)5)34-35-66(54(72)83-60(12,13)14)38-36-64(52(70)81-58(6,7)8)32-27-25-23-22-24-26-28-33-65(53(71)82-59(9,10)11)37-39-67(55(73)84-61(15,16)17)40-41-68(56(74)85-62(18,19)20)42-44-79-46-45-78-43-31-49-47-50(86(75,76)77)30-29-48(49)2/h29-30,47H,21-28,31-46H2,1-20H3,(H,75,76,77). The van der Waals surface area contributed by atoms with Crippen molar-refractivity contribution in [2.45, 2.75) is 228 Å². The summed E-state index contributed by atoms with van der Waals surface area (Å²) in [4.78, 5) is 90.0. The lowest BCUT2D eigenvalue weighted by molar-refractivity contribution is 0.00230. The van der Waals surface area contributed by atoms with Crippen LogP contribution in [0.25, 0.3) is 0 Å². The smallest absolute Gasteiger partial charge is 0.410 e. The van der Waals surface area contributed by atoms with Gasteiger partial charge in [0.05, 0.1) is 31.3 Å². The van der Waals surface area contributed by atoms with E-state index in [1.54, 1.807) is 140 Å². The van der Waals surface area contributed by atoms with E-state index in [1.807, 2.05) is 13.8 Å². The minimum atomic E-state index is -4.34. The van der Waals surface area contributed by atoms with Gasteiger partial charge in [-0.15, -0.1) is 0 Å². The third-order valence-corrected chi connectivity index (χ3v) is 13.1. The summed E-state index contributed by atoms with van der Waals surface area (Å²) in [5.74, 6) is 0. The van der Waals surface area contributed by atoms with Crippen LogP contribution in [0.15, 0.2) is 23.1 Å². The fourth-order valence-electron chi connectivity index (χ4n) is 8.02. The van der Waals surface area contributed by atoms with Crippen LogP contribution in [0.1, 0.15) is 188 Å². The molecule has 0 radical (unpaired) electrons. The molecule has 0 saturated carbocycles. The van der Waals surface area contributed by atoms with Crippen molar-refractivity contribution >= 4 is 46.7 Å². The van der Waals surface area contributed by atoms with Gasteiger partial charge in [0.25, 0.3) is 10.1 Å². The van der Waals surface area contributed by atoms with Gasteiger partial charge in [-0.3, -0.25) is 4.55 Å². The van der Waals surface area contributed by atoms with Crippen LogP contribution < -0.4 is 0 Å². The van der Waals surface area contributed by atoms with Crippen molar-refractivity contribution in [2.75, 3.05) is 105 Å². The van der Waals surface area contributed by atoms with Gasteiger partial charge >= 0.3 is 36.6 Å². The fraction of sp³-hybridized carbons (Fsp3) is 0.806. The van der Waals surface area contributed by atoms with Gasteiger partial charge in [0.15, 0.2) is 0 Å². The van der Waals surface area contributed by atoms with E-state index >= 15 is 0 Å². The Kier molecular flexibility index (Phi) is 33.1. The maximum absolute atomic E-state index is 13.8. The topological polar surface area (TPSA) is 250 Å². The number of likely N-dealkylation sites (N-methyl/N-ethyl adjacent to an activating group) is 1. The second-order valence-electron chi connectivity index (χ2n) is 27.4. The van der Waals surface area contributed by atoms with Crippen molar-refractivity contribution in [2.24, 2.45) is 0 Å². The van der Waals surface area contributed by atoms with Crippen molar-refractivity contribution in [3.63, 3.8) is 0 Å². The molecule has 0 aliphatic heterocycles. The first-order valence-corrected chi connectivity index (χ1v) is 31.9. The third-order valence-electron chi connectivity index (χ3n) is 12.2. The Balaban J connectivity index is 3.02. The zero-order chi connectivity index (χ0) is 65.9. The molecule has 86 heavy (non-hydrogen) atoms. The first-order chi connectivity index (χ1) is 39.4. The Morgan fingerprint density at radius 2 is 0.651 bits per heavy atom. The van der Waals surface area contributed by atoms with Gasteiger partial charge in [-0.05, 0) is 181 Å². The van der Waals surface area contributed by atoms with Crippen LogP contribution in [-0.4, -0.2) is 218 Å². The number of benzene rings is 1. The van der Waals surface area contributed by atoms with Crippen molar-refractivity contribution < 1.29 is 79.6 Å². The van der Waals surface area contributed by atoms with E-state index < -0.39 is 80.3 Å². The summed E-state index contributed by atoms with van der Waals surface area (Å²) in [6, 6.07) is 4.40. The number of nitrogens with zero attached hydrogens (tertiary/aromatic N) is 6. The summed E-state index contributed by atoms with van der Waals surface area (Å²) in [5, 5.41) is 0. The van der Waals surface area contributed by atoms with Gasteiger partial charge in [-0.25, -0.2) is 28.8 Å². The molecule has 0 aliphatic carbocycles. The van der Waals surface area contributed by atoms with Crippen LogP contribution in [0.4, 0.5) is 28.8 Å². The van der Waals surface area contributed by atoms with Crippen LogP contribution in [0.3, 0.4) is 0 Å². The Hall–Kier alpha value is -5.33. The average molecular weight is 1250 g/mol. The number of hydrogen-bond donors (Lipinski definition) is 1. The molecular formula is C62H112N6O17S. The van der Waals surface area contributed by atoms with Gasteiger partial charge < -0.3 is 67.3 Å². The second kappa shape index (κ2) is 36.2. The number of unbranched alkanes of at least 4 members (excludes halogenated alkanes) is 6. The molecule has 1 N–H and O–H groups in total. The lowest BCUT2D eigenvalue weighted by Crippen LogP contribution is -2.48. The summed E-state index contributed by atoms with van der Waals surface area (Å²) in [5.41, 5.74) is -3.04. The highest BCUT2D eigenvalue weighted by molar-refractivity contribution is 7.85. The highest BCUT2D eigenvalue weighted by atomic mass is 32.2. The fourth-order valence-corrected chi connectivity index (χ4v) is 8.55. The molecule has 0 saturated heterocycles. The maximum Gasteiger partial charge on any atom is 0.410 e. The van der Waals surface area contributed by atoms with Crippen molar-refractivity contribution in [3.8, 4) is 0 Å². The Bertz CT molecular complexity index is 2350. The molecule has 1 aromatic carbocycles. The van der Waals surface area contributed by atoms with Crippen molar-refractivity contribution in [1.82, 2.24) is 29.4 Å². The van der Waals surface area contributed by atoms with Crippen molar-refractivity contribution in [1.29, 1.82) is 0 Å². The van der Waals surface area contributed by atoms with Gasteiger partial charge in [0, 0.05) is 78.5 Å². The number of hydrogen-bond acceptors (Lipinski definition) is 16. The van der Waals surface area contributed by atoms with Crippen LogP contribution >= 0.6 is 0 Å². The Labute approximate surface area is 516 Å². The summed E-state index contributed by atoms with van der Waals surface area (Å²) in [6.07, 6.45) is 2.84. The SMILES string of the molecule is CCN(CCN(CCN(CCCCCCCCCN(CCN(CCN(CCOCCOCCc1cc(S(=O)(=O)O)ccc1C)C(=O)OC(C)(C)C)C(=O)OC(C)(C)C)C(=O)OC(C)(C)C)C(=O)OC(C)(C)C)C(=O)OC(C)(C)C)C(=O)OC(C)(C)C. The zero-order valence-electron chi connectivity index (χ0n) is 56.3. The molecule has 0 aliphatic rings. The average Bonchev–Trinajstić information content (AvgIpc) is 3.55. The number of rotatable bonds is 33. The van der Waals surface area contributed by atoms with E-state index in [0.717, 1.165) is 43.2 Å². The molecule has 0 unspecified atom stereocenters. The zero-order valence-corrected chi connectivity index (χ0v) is 57.1. The Morgan fingerprint density at radius 3 is 0.953 bits per heavy atom. The molecule has 6 amide bonds. The van der Waals surface area contributed by atoms with E-state index in [1.165, 1.54) is 31.7 Å². The quantitative estimate of drug-likeness (QED) is 0.0390. The predicted molar refractivity (Wildman–Crippen MR) is 331 cm³/mol. The van der Waals surface area contributed by atoms with Gasteiger partial charge in [0.1, 0.15) is 33.6 Å². The molecule has 24 heteroatoms. The molecule has 0 bridgehead atoms. The van der Waals surface area contributed by atoms with Crippen LogP contribution in [-0.2, 0) is 54.4 Å². The lowest BCUT2D eigenvalue weighted by atomic mass is 10.1. The maximum atomic E-state index is 13.8. The first-order valence-electron chi connectivity index (χ1n) is 30.5. The van der Waals surface area contributed by atoms with E-state index in [0.29, 0.717) is 38.9 Å². The number of ether oxygens (including phenoxy) is 8. The number of carbonyl (C=O) groups excluding carboxylic acids is 6. The molecule has 498 valence electrons. The molecule has 0 fully saturated rings. The summed E-state index contributed by atoms with van der Waals surface area (Å²) < 4.78 is 78.7. The van der Waals surface area contributed by atoms with E-state index in [4.69, 9.17) is 37.9 Å². The number of carbonyl (C=O) groups is 6. The molecule has 0 atom stereocenters. The number of aryl methyl sites for hydroxylation is 1. The Morgan fingerprint density at radius 1 is 0.384 bits per heavy atom.